The summed E-state index contributed by atoms with van der Waals surface area (Å²) in [5.41, 5.74) is 3.63. The van der Waals surface area contributed by atoms with Gasteiger partial charge in [0.25, 0.3) is 5.91 Å². The van der Waals surface area contributed by atoms with Gasteiger partial charge in [-0.2, -0.15) is 0 Å². The van der Waals surface area contributed by atoms with Crippen molar-refractivity contribution in [3.05, 3.63) is 83.7 Å². The zero-order valence-electron chi connectivity index (χ0n) is 18.0. The van der Waals surface area contributed by atoms with Crippen molar-refractivity contribution in [2.75, 3.05) is 0 Å². The number of hydrogen-bond acceptors (Lipinski definition) is 5. The van der Waals surface area contributed by atoms with Gasteiger partial charge in [0, 0.05) is 0 Å². The van der Waals surface area contributed by atoms with Gasteiger partial charge in [-0.1, -0.05) is 55.5 Å². The molecule has 1 atom stereocenters. The molecule has 0 saturated carbocycles. The van der Waals surface area contributed by atoms with Crippen molar-refractivity contribution in [2.24, 2.45) is 0 Å². The monoisotopic (exact) mass is 415 g/mol. The Hall–Kier alpha value is -3.81. The molecule has 8 heteroatoms. The number of rotatable bonds is 6. The van der Waals surface area contributed by atoms with Crippen molar-refractivity contribution in [3.8, 4) is 11.4 Å². The molecule has 0 aliphatic rings. The Morgan fingerprint density at radius 1 is 1.00 bits per heavy atom. The first kappa shape index (κ1) is 20.5. The molecular formula is C23H25N7O. The summed E-state index contributed by atoms with van der Waals surface area (Å²) in [6.07, 6.45) is 1.80. The summed E-state index contributed by atoms with van der Waals surface area (Å²) in [5.74, 6) is 0.745. The molecule has 0 radical (unpaired) electrons. The summed E-state index contributed by atoms with van der Waals surface area (Å²) in [5, 5.41) is 15.7. The van der Waals surface area contributed by atoms with Gasteiger partial charge in [0.15, 0.2) is 0 Å². The highest BCUT2D eigenvalue weighted by atomic mass is 16.2. The molecule has 158 valence electrons. The SMILES string of the molecule is Cc1nc(C(=O)N[C@H](C)c2cn(-c3ccccc3)nn2)nn1-c1ccccc1C(C)C. The molecule has 4 aromatic rings. The van der Waals surface area contributed by atoms with Crippen molar-refractivity contribution in [1.82, 2.24) is 35.1 Å². The zero-order valence-corrected chi connectivity index (χ0v) is 18.0. The molecule has 2 aromatic heterocycles. The second kappa shape index (κ2) is 8.51. The lowest BCUT2D eigenvalue weighted by molar-refractivity contribution is 0.0928. The summed E-state index contributed by atoms with van der Waals surface area (Å²) >= 11 is 0. The van der Waals surface area contributed by atoms with E-state index in [4.69, 9.17) is 0 Å². The van der Waals surface area contributed by atoms with Crippen LogP contribution in [-0.2, 0) is 0 Å². The van der Waals surface area contributed by atoms with E-state index in [1.807, 2.05) is 62.4 Å². The van der Waals surface area contributed by atoms with E-state index in [9.17, 15) is 4.79 Å². The molecular weight excluding hydrogens is 390 g/mol. The van der Waals surface area contributed by atoms with Crippen LogP contribution in [0.25, 0.3) is 11.4 Å². The summed E-state index contributed by atoms with van der Waals surface area (Å²) in [4.78, 5) is 17.2. The van der Waals surface area contributed by atoms with E-state index in [1.54, 1.807) is 15.6 Å². The van der Waals surface area contributed by atoms with E-state index in [0.29, 0.717) is 17.4 Å². The molecule has 0 aliphatic heterocycles. The van der Waals surface area contributed by atoms with Crippen LogP contribution in [-0.4, -0.2) is 35.7 Å². The van der Waals surface area contributed by atoms with E-state index in [0.717, 1.165) is 16.9 Å². The molecule has 1 amide bonds. The minimum absolute atomic E-state index is 0.123. The standard InChI is InChI=1S/C23H25N7O/c1-15(2)19-12-8-9-13-21(19)30-17(4)25-22(27-30)23(31)24-16(3)20-14-29(28-26-20)18-10-6-5-7-11-18/h5-16H,1-4H3,(H,24,31)/t16-/m1/s1. The number of aryl methyl sites for hydroxylation is 1. The third-order valence-electron chi connectivity index (χ3n) is 5.08. The summed E-state index contributed by atoms with van der Waals surface area (Å²) in [6, 6.07) is 17.4. The lowest BCUT2D eigenvalue weighted by Gasteiger charge is -2.13. The average Bonchev–Trinajstić information content (AvgIpc) is 3.41. The number of amides is 1. The molecule has 31 heavy (non-hydrogen) atoms. The maximum Gasteiger partial charge on any atom is 0.291 e. The molecule has 8 nitrogen and oxygen atoms in total. The van der Waals surface area contributed by atoms with Gasteiger partial charge >= 0.3 is 0 Å². The summed E-state index contributed by atoms with van der Waals surface area (Å²) in [7, 11) is 0. The van der Waals surface area contributed by atoms with Crippen LogP contribution in [0.15, 0.2) is 60.8 Å². The van der Waals surface area contributed by atoms with Crippen LogP contribution in [0.4, 0.5) is 0 Å². The van der Waals surface area contributed by atoms with Crippen molar-refractivity contribution in [2.45, 2.75) is 39.7 Å². The first-order valence-electron chi connectivity index (χ1n) is 10.3. The Labute approximate surface area is 180 Å². The van der Waals surface area contributed by atoms with Crippen LogP contribution < -0.4 is 5.32 Å². The van der Waals surface area contributed by atoms with E-state index >= 15 is 0 Å². The Morgan fingerprint density at radius 2 is 1.71 bits per heavy atom. The van der Waals surface area contributed by atoms with E-state index < -0.39 is 0 Å². The predicted molar refractivity (Wildman–Crippen MR) is 117 cm³/mol. The normalized spacial score (nSPS) is 12.2. The summed E-state index contributed by atoms with van der Waals surface area (Å²) in [6.45, 7) is 7.96. The van der Waals surface area contributed by atoms with Crippen LogP contribution in [0.5, 0.6) is 0 Å². The van der Waals surface area contributed by atoms with Gasteiger partial charge < -0.3 is 5.32 Å². The topological polar surface area (TPSA) is 90.5 Å². The molecule has 0 bridgehead atoms. The molecule has 1 N–H and O–H groups in total. The predicted octanol–water partition coefficient (Wildman–Crippen LogP) is 3.77. The van der Waals surface area contributed by atoms with Crippen molar-refractivity contribution < 1.29 is 4.79 Å². The minimum atomic E-state index is -0.356. The lowest BCUT2D eigenvalue weighted by Crippen LogP contribution is -2.28. The maximum absolute atomic E-state index is 12.8. The average molecular weight is 416 g/mol. The van der Waals surface area contributed by atoms with Gasteiger partial charge in [-0.15, -0.1) is 10.2 Å². The second-order valence-corrected chi connectivity index (χ2v) is 7.73. The second-order valence-electron chi connectivity index (χ2n) is 7.73. The molecule has 0 saturated heterocycles. The maximum atomic E-state index is 12.8. The number of hydrogen-bond donors (Lipinski definition) is 1. The Kier molecular flexibility index (Phi) is 5.62. The molecule has 0 fully saturated rings. The highest BCUT2D eigenvalue weighted by molar-refractivity contribution is 5.90. The highest BCUT2D eigenvalue weighted by Gasteiger charge is 2.20. The lowest BCUT2D eigenvalue weighted by atomic mass is 10.0. The van der Waals surface area contributed by atoms with Gasteiger partial charge in [0.1, 0.15) is 11.5 Å². The smallest absolute Gasteiger partial charge is 0.291 e. The fourth-order valence-electron chi connectivity index (χ4n) is 3.40. The first-order chi connectivity index (χ1) is 14.9. The molecule has 0 aliphatic carbocycles. The number of para-hydroxylation sites is 2. The highest BCUT2D eigenvalue weighted by Crippen LogP contribution is 2.23. The minimum Gasteiger partial charge on any atom is -0.341 e. The van der Waals surface area contributed by atoms with E-state index in [-0.39, 0.29) is 17.8 Å². The third-order valence-corrected chi connectivity index (χ3v) is 5.08. The molecule has 4 rings (SSSR count). The third kappa shape index (κ3) is 4.23. The molecule has 0 unspecified atom stereocenters. The van der Waals surface area contributed by atoms with Crippen LogP contribution in [0.2, 0.25) is 0 Å². The van der Waals surface area contributed by atoms with E-state index in [2.05, 4.69) is 45.6 Å². The van der Waals surface area contributed by atoms with Crippen LogP contribution >= 0.6 is 0 Å². The van der Waals surface area contributed by atoms with Crippen molar-refractivity contribution in [3.63, 3.8) is 0 Å². The number of aromatic nitrogens is 6. The number of carbonyl (C=O) groups excluding carboxylic acids is 1. The fourth-order valence-corrected chi connectivity index (χ4v) is 3.40. The zero-order chi connectivity index (χ0) is 22.0. The number of carbonyl (C=O) groups is 1. The number of nitrogens with one attached hydrogen (secondary N) is 1. The van der Waals surface area contributed by atoms with Crippen molar-refractivity contribution in [1.29, 1.82) is 0 Å². The van der Waals surface area contributed by atoms with Gasteiger partial charge in [-0.25, -0.2) is 14.3 Å². The van der Waals surface area contributed by atoms with E-state index in [1.165, 1.54) is 0 Å². The summed E-state index contributed by atoms with van der Waals surface area (Å²) < 4.78 is 3.40. The Bertz CT molecular complexity index is 1190. The van der Waals surface area contributed by atoms with Gasteiger partial charge in [0.05, 0.1) is 23.6 Å². The van der Waals surface area contributed by atoms with Gasteiger partial charge in [-0.3, -0.25) is 4.79 Å². The van der Waals surface area contributed by atoms with Crippen LogP contribution in [0.1, 0.15) is 60.4 Å². The number of benzene rings is 2. The molecule has 2 heterocycles. The quantitative estimate of drug-likeness (QED) is 0.518. The van der Waals surface area contributed by atoms with Gasteiger partial charge in [-0.05, 0) is 43.5 Å². The molecule has 0 spiro atoms. The molecule has 2 aromatic carbocycles. The van der Waals surface area contributed by atoms with Crippen molar-refractivity contribution >= 4 is 5.91 Å². The van der Waals surface area contributed by atoms with Gasteiger partial charge in [0.2, 0.25) is 5.82 Å². The largest absolute Gasteiger partial charge is 0.341 e. The van der Waals surface area contributed by atoms with Crippen LogP contribution in [0, 0.1) is 6.92 Å². The first-order valence-corrected chi connectivity index (χ1v) is 10.3. The Morgan fingerprint density at radius 3 is 2.45 bits per heavy atom. The Balaban J connectivity index is 1.52. The van der Waals surface area contributed by atoms with Crippen LogP contribution in [0.3, 0.4) is 0 Å². The fraction of sp³-hybridized carbons (Fsp3) is 0.261. The number of nitrogens with zero attached hydrogens (tertiary/aromatic N) is 6.